The van der Waals surface area contributed by atoms with Crippen molar-refractivity contribution in [2.45, 2.75) is 0 Å². The van der Waals surface area contributed by atoms with Gasteiger partial charge < -0.3 is 15.4 Å². The maximum Gasteiger partial charge on any atom is 0.291 e. The van der Waals surface area contributed by atoms with E-state index in [0.29, 0.717) is 0 Å². The van der Waals surface area contributed by atoms with Crippen molar-refractivity contribution in [3.63, 3.8) is 0 Å². The average molecular weight is 606 g/mol. The van der Waals surface area contributed by atoms with Crippen LogP contribution in [0.4, 0.5) is 11.4 Å². The molecule has 2 aromatic rings. The van der Waals surface area contributed by atoms with Crippen LogP contribution in [0.2, 0.25) is 0 Å². The summed E-state index contributed by atoms with van der Waals surface area (Å²) >= 11 is 0. The monoisotopic (exact) mass is 606 g/mol. The topological polar surface area (TPSA) is 224 Å². The van der Waals surface area contributed by atoms with Crippen molar-refractivity contribution in [3.05, 3.63) is 99.3 Å². The van der Waals surface area contributed by atoms with Crippen LogP contribution < -0.4 is 10.9 Å². The molecule has 2 aromatic carbocycles. The first kappa shape index (κ1) is 27.5. The van der Waals surface area contributed by atoms with Crippen LogP contribution in [0.3, 0.4) is 0 Å². The molecule has 29 heavy (non-hydrogen) atoms. The molecule has 0 aliphatic carbocycles. The van der Waals surface area contributed by atoms with E-state index in [0.717, 1.165) is 48.5 Å². The molecule has 0 heterocycles. The molecule has 3 radical (unpaired) electrons. The quantitative estimate of drug-likeness (QED) is 0.244. The van der Waals surface area contributed by atoms with Crippen molar-refractivity contribution in [2.24, 2.45) is 0 Å². The van der Waals surface area contributed by atoms with Gasteiger partial charge in [0, 0.05) is 50.5 Å². The fraction of sp³-hybridized carbons (Fsp3) is 0. The van der Waals surface area contributed by atoms with E-state index in [1.54, 1.807) is 0 Å². The molecule has 0 atom stereocenters. The SMILES string of the molecule is O=[N+]([O-])O.O=c1ccc([N+](=O)[O-])ccc1O.O=c1ccc([N+](=O)[O-])ccc1O.[Bi]. The van der Waals surface area contributed by atoms with Crippen molar-refractivity contribution < 1.29 is 30.4 Å². The summed E-state index contributed by atoms with van der Waals surface area (Å²) in [7, 11) is 0. The summed E-state index contributed by atoms with van der Waals surface area (Å²) in [6, 6.07) is 8.12. The Morgan fingerprint density at radius 2 is 0.862 bits per heavy atom. The smallest absolute Gasteiger partial charge is 0.291 e. The normalized spacial score (nSPS) is 8.55. The fourth-order valence-corrected chi connectivity index (χ4v) is 1.34. The molecule has 0 fully saturated rings. The first-order valence-electron chi connectivity index (χ1n) is 6.74. The number of nitro groups is 2. The van der Waals surface area contributed by atoms with Gasteiger partial charge in [0.2, 0.25) is 10.9 Å². The number of rotatable bonds is 2. The molecule has 0 aliphatic rings. The Kier molecular flexibility index (Phi) is 12.7. The summed E-state index contributed by atoms with van der Waals surface area (Å²) in [5.41, 5.74) is -1.73. The summed E-state index contributed by atoms with van der Waals surface area (Å²) in [5.74, 6) is -0.994. The molecule has 2 rings (SSSR count). The molecule has 0 bridgehead atoms. The summed E-state index contributed by atoms with van der Waals surface area (Å²) in [4.78, 5) is 48.9. The largest absolute Gasteiger partial charge is 0.504 e. The van der Waals surface area contributed by atoms with Crippen molar-refractivity contribution in [1.29, 1.82) is 0 Å². The zero-order chi connectivity index (χ0) is 21.9. The Labute approximate surface area is 178 Å². The van der Waals surface area contributed by atoms with Gasteiger partial charge in [0.15, 0.2) is 11.5 Å². The fourth-order valence-electron chi connectivity index (χ4n) is 1.34. The van der Waals surface area contributed by atoms with Gasteiger partial charge in [-0.05, 0) is 24.3 Å². The Morgan fingerprint density at radius 1 is 0.621 bits per heavy atom. The third kappa shape index (κ3) is 11.6. The second-order valence-electron chi connectivity index (χ2n) is 4.43. The van der Waals surface area contributed by atoms with Gasteiger partial charge >= 0.3 is 0 Å². The van der Waals surface area contributed by atoms with Crippen LogP contribution in [-0.2, 0) is 0 Å². The Morgan fingerprint density at radius 3 is 1.10 bits per heavy atom. The molecule has 0 spiro atoms. The number of hydrogen-bond donors (Lipinski definition) is 3. The van der Waals surface area contributed by atoms with Crippen molar-refractivity contribution in [2.75, 3.05) is 0 Å². The van der Waals surface area contributed by atoms with E-state index in [4.69, 9.17) is 25.5 Å². The second-order valence-corrected chi connectivity index (χ2v) is 4.43. The van der Waals surface area contributed by atoms with E-state index in [1.165, 1.54) is 0 Å². The van der Waals surface area contributed by atoms with Gasteiger partial charge in [-0.25, -0.2) is 0 Å². The third-order valence-electron chi connectivity index (χ3n) is 2.56. The van der Waals surface area contributed by atoms with E-state index < -0.39 is 37.3 Å². The number of aromatic hydroxyl groups is 2. The van der Waals surface area contributed by atoms with E-state index >= 15 is 0 Å². The number of hydrogen-bond acceptors (Lipinski definition) is 10. The van der Waals surface area contributed by atoms with Crippen LogP contribution in [0, 0.1) is 30.3 Å². The van der Waals surface area contributed by atoms with Crippen molar-refractivity contribution >= 4 is 37.6 Å². The van der Waals surface area contributed by atoms with Crippen LogP contribution in [0.15, 0.2) is 58.1 Å². The maximum atomic E-state index is 10.7. The minimum atomic E-state index is -1.50. The van der Waals surface area contributed by atoms with Crippen LogP contribution in [0.1, 0.15) is 0 Å². The Bertz CT molecular complexity index is 922. The molecule has 0 aromatic heterocycles. The molecule has 153 valence electrons. The van der Waals surface area contributed by atoms with E-state index in [9.17, 15) is 29.8 Å². The molecule has 3 N–H and O–H groups in total. The molecular weight excluding hydrogens is 595 g/mol. The van der Waals surface area contributed by atoms with Gasteiger partial charge in [0.05, 0.1) is 9.85 Å². The first-order valence-corrected chi connectivity index (χ1v) is 6.74. The van der Waals surface area contributed by atoms with Crippen LogP contribution >= 0.6 is 0 Å². The van der Waals surface area contributed by atoms with Crippen LogP contribution in [-0.4, -0.2) is 56.6 Å². The Hall–Kier alpha value is -3.74. The first-order chi connectivity index (χ1) is 13.0. The summed E-state index contributed by atoms with van der Waals surface area (Å²) in [6.07, 6.45) is 0. The second kappa shape index (κ2) is 13.4. The summed E-state index contributed by atoms with van der Waals surface area (Å²) in [5, 5.41) is 51.7. The van der Waals surface area contributed by atoms with E-state index in [-0.39, 0.29) is 37.6 Å². The van der Waals surface area contributed by atoms with Gasteiger partial charge in [0.25, 0.3) is 16.5 Å². The molecule has 15 heteroatoms. The average Bonchev–Trinajstić information content (AvgIpc) is 2.86. The zero-order valence-corrected chi connectivity index (χ0v) is 17.5. The van der Waals surface area contributed by atoms with Crippen LogP contribution in [0.25, 0.3) is 0 Å². The van der Waals surface area contributed by atoms with Crippen LogP contribution in [0.5, 0.6) is 11.5 Å². The van der Waals surface area contributed by atoms with Gasteiger partial charge in [-0.3, -0.25) is 29.8 Å². The van der Waals surface area contributed by atoms with Gasteiger partial charge in [-0.2, -0.15) is 0 Å². The Balaban J connectivity index is 0. The standard InChI is InChI=1S/2C7H5NO4.Bi.HNO3/c2*9-6-3-1-5(8(11)12)2-4-7(6)10;;2-1(3)4/h2*1-4H,(H,9,10);;(H,2,3,4). The molecular formula is C14H11BiN3O11. The summed E-state index contributed by atoms with van der Waals surface area (Å²) in [6.45, 7) is 0. The zero-order valence-electron chi connectivity index (χ0n) is 14.0. The summed E-state index contributed by atoms with van der Waals surface area (Å²) < 4.78 is 0. The minimum Gasteiger partial charge on any atom is -0.504 e. The maximum absolute atomic E-state index is 10.7. The molecule has 0 amide bonds. The van der Waals surface area contributed by atoms with Gasteiger partial charge in [-0.15, -0.1) is 10.1 Å². The van der Waals surface area contributed by atoms with Gasteiger partial charge in [0.1, 0.15) is 0 Å². The van der Waals surface area contributed by atoms with Crippen molar-refractivity contribution in [1.82, 2.24) is 0 Å². The van der Waals surface area contributed by atoms with Gasteiger partial charge in [-0.1, -0.05) is 0 Å². The number of nitrogens with zero attached hydrogens (tertiary/aromatic N) is 3. The van der Waals surface area contributed by atoms with E-state index in [2.05, 4.69) is 0 Å². The van der Waals surface area contributed by atoms with E-state index in [1.807, 2.05) is 0 Å². The predicted octanol–water partition coefficient (Wildman–Crippen LogP) is 0.593. The van der Waals surface area contributed by atoms with Crippen molar-refractivity contribution in [3.8, 4) is 11.5 Å². The molecule has 0 saturated carbocycles. The molecule has 0 saturated heterocycles. The third-order valence-corrected chi connectivity index (χ3v) is 2.56. The molecule has 14 nitrogen and oxygen atoms in total. The minimum absolute atomic E-state index is 0. The predicted molar refractivity (Wildman–Crippen MR) is 96.6 cm³/mol. The molecule has 0 unspecified atom stereocenters. The molecule has 0 aliphatic heterocycles.